The molecular formula is C5H11ClO7P2. The number of hydrogen-bond acceptors (Lipinski definition) is 3. The predicted octanol–water partition coefficient (Wildman–Crippen LogP) is -0.0916. The zero-order chi connectivity index (χ0) is 12.3. The van der Waals surface area contributed by atoms with Gasteiger partial charge in [-0.2, -0.15) is 0 Å². The molecule has 0 saturated heterocycles. The molecule has 0 radical (unpaired) electrons. The highest BCUT2D eigenvalue weighted by Gasteiger charge is 2.26. The summed E-state index contributed by atoms with van der Waals surface area (Å²) in [4.78, 5) is 44.8. The van der Waals surface area contributed by atoms with Crippen LogP contribution in [0.25, 0.3) is 0 Å². The van der Waals surface area contributed by atoms with Crippen molar-refractivity contribution in [1.29, 1.82) is 0 Å². The van der Waals surface area contributed by atoms with Crippen LogP contribution in [0.5, 0.6) is 0 Å². The maximum Gasteiger partial charge on any atom is 0.332 e. The average molecular weight is 281 g/mol. The number of rotatable bonds is 6. The lowest BCUT2D eigenvalue weighted by Gasteiger charge is -2.09. The van der Waals surface area contributed by atoms with Crippen molar-refractivity contribution in [2.75, 3.05) is 12.3 Å². The molecular weight excluding hydrogens is 269 g/mol. The molecule has 1 atom stereocenters. The second-order valence-corrected chi connectivity index (χ2v) is 6.88. The van der Waals surface area contributed by atoms with Gasteiger partial charge in [0.15, 0.2) is 5.78 Å². The Morgan fingerprint density at radius 1 is 1.13 bits per heavy atom. The number of hydrogen-bond donors (Lipinski definition) is 4. The average Bonchev–Trinajstić information content (AvgIpc) is 1.95. The highest BCUT2D eigenvalue weighted by molar-refractivity contribution is 7.53. The van der Waals surface area contributed by atoms with Crippen LogP contribution < -0.4 is 0 Å². The van der Waals surface area contributed by atoms with Crippen LogP contribution in [-0.2, 0) is 13.9 Å². The molecule has 0 rings (SSSR count). The summed E-state index contributed by atoms with van der Waals surface area (Å²) < 4.78 is 20.8. The van der Waals surface area contributed by atoms with Gasteiger partial charge in [0.2, 0.25) is 0 Å². The minimum atomic E-state index is -4.47. The SMILES string of the molecule is O=C(CP(=O)(O)O)C(Cl)CCP(=O)(O)O. The fourth-order valence-electron chi connectivity index (χ4n) is 0.745. The number of ketones is 1. The normalized spacial score (nSPS) is 15.0. The summed E-state index contributed by atoms with van der Waals surface area (Å²) in [5.41, 5.74) is 0. The Labute approximate surface area is 90.8 Å². The van der Waals surface area contributed by atoms with Crippen LogP contribution >= 0.6 is 26.8 Å². The predicted molar refractivity (Wildman–Crippen MR) is 53.1 cm³/mol. The topological polar surface area (TPSA) is 132 Å². The second kappa shape index (κ2) is 5.55. The van der Waals surface area contributed by atoms with Crippen LogP contribution in [0, 0.1) is 0 Å². The van der Waals surface area contributed by atoms with Crippen molar-refractivity contribution >= 4 is 32.6 Å². The molecule has 0 aromatic heterocycles. The lowest BCUT2D eigenvalue weighted by Crippen LogP contribution is -2.19. The van der Waals surface area contributed by atoms with Crippen molar-refractivity contribution in [3.8, 4) is 0 Å². The van der Waals surface area contributed by atoms with E-state index < -0.39 is 38.7 Å². The van der Waals surface area contributed by atoms with Crippen LogP contribution in [0.15, 0.2) is 0 Å². The van der Waals surface area contributed by atoms with E-state index in [0.717, 1.165) is 0 Å². The molecule has 0 aliphatic carbocycles. The van der Waals surface area contributed by atoms with E-state index in [2.05, 4.69) is 0 Å². The number of halogens is 1. The highest BCUT2D eigenvalue weighted by atomic mass is 35.5. The molecule has 0 fully saturated rings. The van der Waals surface area contributed by atoms with Gasteiger partial charge in [0.25, 0.3) is 0 Å². The van der Waals surface area contributed by atoms with E-state index in [9.17, 15) is 13.9 Å². The van der Waals surface area contributed by atoms with E-state index in [1.54, 1.807) is 0 Å². The van der Waals surface area contributed by atoms with E-state index in [0.29, 0.717) is 0 Å². The highest BCUT2D eigenvalue weighted by Crippen LogP contribution is 2.38. The van der Waals surface area contributed by atoms with Crippen molar-refractivity contribution in [2.45, 2.75) is 11.8 Å². The van der Waals surface area contributed by atoms with Gasteiger partial charge in [0.05, 0.1) is 11.5 Å². The standard InChI is InChI=1S/C5H11ClO7P2/c6-4(1-2-14(8,9)10)5(7)3-15(11,12)13/h4H,1-3H2,(H2,8,9,10)(H2,11,12,13). The second-order valence-electron chi connectivity index (χ2n) is 2.93. The van der Waals surface area contributed by atoms with Crippen molar-refractivity contribution in [1.82, 2.24) is 0 Å². The minimum absolute atomic E-state index is 0.315. The summed E-state index contributed by atoms with van der Waals surface area (Å²) in [6, 6.07) is 0. The molecule has 0 heterocycles. The maximum atomic E-state index is 11.0. The zero-order valence-corrected chi connectivity index (χ0v) is 10.0. The smallest absolute Gasteiger partial charge is 0.324 e. The van der Waals surface area contributed by atoms with Gasteiger partial charge in [-0.15, -0.1) is 11.6 Å². The van der Waals surface area contributed by atoms with E-state index in [-0.39, 0.29) is 6.42 Å². The van der Waals surface area contributed by atoms with Crippen LogP contribution in [0.2, 0.25) is 0 Å². The summed E-state index contributed by atoms with van der Waals surface area (Å²) in [6.45, 7) is 0. The third kappa shape index (κ3) is 9.20. The number of Topliss-reactive ketones (excluding diaryl/α,β-unsaturated/α-hetero) is 1. The molecule has 0 amide bonds. The first kappa shape index (κ1) is 15.3. The fourth-order valence-corrected chi connectivity index (χ4v) is 2.41. The lowest BCUT2D eigenvalue weighted by atomic mass is 10.2. The van der Waals surface area contributed by atoms with Crippen LogP contribution in [0.1, 0.15) is 6.42 Å². The quantitative estimate of drug-likeness (QED) is 0.395. The Balaban J connectivity index is 4.12. The van der Waals surface area contributed by atoms with Gasteiger partial charge in [0, 0.05) is 0 Å². The molecule has 15 heavy (non-hydrogen) atoms. The molecule has 0 aliphatic rings. The van der Waals surface area contributed by atoms with Gasteiger partial charge in [-0.3, -0.25) is 13.9 Å². The molecule has 10 heteroatoms. The Kier molecular flexibility index (Phi) is 5.64. The van der Waals surface area contributed by atoms with E-state index in [1.165, 1.54) is 0 Å². The third-order valence-electron chi connectivity index (χ3n) is 1.39. The first-order valence-electron chi connectivity index (χ1n) is 3.77. The molecule has 0 spiro atoms. The van der Waals surface area contributed by atoms with Crippen LogP contribution in [0.3, 0.4) is 0 Å². The largest absolute Gasteiger partial charge is 0.332 e. The van der Waals surface area contributed by atoms with Gasteiger partial charge in [0.1, 0.15) is 6.16 Å². The molecule has 4 N–H and O–H groups in total. The van der Waals surface area contributed by atoms with Crippen LogP contribution in [0.4, 0.5) is 0 Å². The van der Waals surface area contributed by atoms with Crippen molar-refractivity contribution in [2.24, 2.45) is 0 Å². The first-order valence-corrected chi connectivity index (χ1v) is 7.80. The molecule has 0 bridgehead atoms. The molecule has 7 nitrogen and oxygen atoms in total. The molecule has 1 unspecified atom stereocenters. The van der Waals surface area contributed by atoms with Gasteiger partial charge in [-0.05, 0) is 6.42 Å². The zero-order valence-electron chi connectivity index (χ0n) is 7.48. The van der Waals surface area contributed by atoms with Gasteiger partial charge in [-0.1, -0.05) is 0 Å². The van der Waals surface area contributed by atoms with Gasteiger partial charge in [-0.25, -0.2) is 0 Å². The molecule has 0 aliphatic heterocycles. The summed E-state index contributed by atoms with van der Waals surface area (Å²) in [5, 5.41) is -1.29. The first-order chi connectivity index (χ1) is 6.51. The Morgan fingerprint density at radius 3 is 1.93 bits per heavy atom. The Morgan fingerprint density at radius 2 is 1.60 bits per heavy atom. The molecule has 0 saturated carbocycles. The lowest BCUT2D eigenvalue weighted by molar-refractivity contribution is -0.116. The molecule has 0 aromatic carbocycles. The molecule has 0 aromatic rings. The summed E-state index contributed by atoms with van der Waals surface area (Å²) in [6.07, 6.45) is -1.92. The van der Waals surface area contributed by atoms with Crippen molar-refractivity contribution < 1.29 is 33.5 Å². The van der Waals surface area contributed by atoms with E-state index in [1.807, 2.05) is 0 Å². The summed E-state index contributed by atoms with van der Waals surface area (Å²) in [7, 11) is -8.71. The van der Waals surface area contributed by atoms with Gasteiger partial charge >= 0.3 is 15.2 Å². The van der Waals surface area contributed by atoms with Crippen LogP contribution in [-0.4, -0.2) is 43.1 Å². The fraction of sp³-hybridized carbons (Fsp3) is 0.800. The maximum absolute atomic E-state index is 11.0. The number of carbonyl (C=O) groups excluding carboxylic acids is 1. The third-order valence-corrected chi connectivity index (χ3v) is 3.41. The van der Waals surface area contributed by atoms with E-state index >= 15 is 0 Å². The Hall–Kier alpha value is 0.260. The van der Waals surface area contributed by atoms with Crippen molar-refractivity contribution in [3.05, 3.63) is 0 Å². The molecule has 90 valence electrons. The van der Waals surface area contributed by atoms with Gasteiger partial charge < -0.3 is 19.6 Å². The van der Waals surface area contributed by atoms with Crippen molar-refractivity contribution in [3.63, 3.8) is 0 Å². The summed E-state index contributed by atoms with van der Waals surface area (Å²) in [5.74, 6) is -0.918. The summed E-state index contributed by atoms with van der Waals surface area (Å²) >= 11 is 5.41. The minimum Gasteiger partial charge on any atom is -0.324 e. The number of carbonyl (C=O) groups is 1. The number of alkyl halides is 1. The Bertz CT molecular complexity index is 317. The van der Waals surface area contributed by atoms with E-state index in [4.69, 9.17) is 31.2 Å². The monoisotopic (exact) mass is 280 g/mol.